The Kier molecular flexibility index (Phi) is 8.82. The quantitative estimate of drug-likeness (QED) is 0.276. The van der Waals surface area contributed by atoms with E-state index in [1.807, 2.05) is 6.92 Å². The van der Waals surface area contributed by atoms with Gasteiger partial charge < -0.3 is 4.55 Å². The van der Waals surface area contributed by atoms with Crippen LogP contribution in [0.25, 0.3) is 0 Å². The third-order valence-electron chi connectivity index (χ3n) is 2.33. The van der Waals surface area contributed by atoms with Gasteiger partial charge >= 0.3 is 30.0 Å². The van der Waals surface area contributed by atoms with Gasteiger partial charge in [0, 0.05) is 6.42 Å². The summed E-state index contributed by atoms with van der Waals surface area (Å²) in [4.78, 5) is 0. The van der Waals surface area contributed by atoms with Crippen molar-refractivity contribution in [1.82, 2.24) is 0 Å². The fourth-order valence-corrected chi connectivity index (χ4v) is 1.75. The van der Waals surface area contributed by atoms with E-state index < -0.39 is 27.7 Å². The van der Waals surface area contributed by atoms with Gasteiger partial charge in [-0.3, -0.25) is 0 Å². The van der Waals surface area contributed by atoms with Gasteiger partial charge in [-0.2, -0.15) is 17.6 Å². The Bertz CT molecular complexity index is 333. The van der Waals surface area contributed by atoms with Crippen molar-refractivity contribution < 1.29 is 49.4 Å². The molecule has 0 saturated heterocycles. The van der Waals surface area contributed by atoms with E-state index in [2.05, 4.69) is 0 Å². The minimum Gasteiger partial charge on any atom is -0.743 e. The molecule has 0 rings (SSSR count). The Hall–Kier alpha value is 0.227. The van der Waals surface area contributed by atoms with Gasteiger partial charge in [0.25, 0.3) is 0 Å². The monoisotopic (exact) mass is 286 g/mol. The summed E-state index contributed by atoms with van der Waals surface area (Å²) < 4.78 is 81.2. The molecular formula is C9H15F4LiO3S. The van der Waals surface area contributed by atoms with Crippen LogP contribution < -0.4 is 18.9 Å². The molecule has 0 spiro atoms. The normalized spacial score (nSPS) is 13.2. The molecule has 0 aliphatic rings. The van der Waals surface area contributed by atoms with E-state index in [1.54, 1.807) is 0 Å². The van der Waals surface area contributed by atoms with Crippen LogP contribution in [0.2, 0.25) is 0 Å². The van der Waals surface area contributed by atoms with Gasteiger partial charge in [0.1, 0.15) is 0 Å². The molecule has 0 aliphatic heterocycles. The molecule has 0 fully saturated rings. The SMILES string of the molecule is CCCCCCCC(F)(F)C(F)(F)S(=O)(=O)[O-].[Li+]. The van der Waals surface area contributed by atoms with Crippen LogP contribution in [0.3, 0.4) is 0 Å². The molecule has 0 unspecified atom stereocenters. The first kappa shape index (κ1) is 20.5. The molecule has 0 saturated carbocycles. The number of hydrogen-bond acceptors (Lipinski definition) is 3. The number of unbranched alkanes of at least 4 members (excludes halogenated alkanes) is 4. The molecule has 0 atom stereocenters. The fourth-order valence-electron chi connectivity index (χ4n) is 1.28. The van der Waals surface area contributed by atoms with Crippen LogP contribution >= 0.6 is 0 Å². The van der Waals surface area contributed by atoms with Crippen molar-refractivity contribution in [2.75, 3.05) is 0 Å². The predicted octanol–water partition coefficient (Wildman–Crippen LogP) is 0.124. The van der Waals surface area contributed by atoms with Crippen molar-refractivity contribution in [2.24, 2.45) is 0 Å². The van der Waals surface area contributed by atoms with Crippen molar-refractivity contribution in [3.05, 3.63) is 0 Å². The predicted molar refractivity (Wildman–Crippen MR) is 53.0 cm³/mol. The molecule has 0 aromatic heterocycles. The molecule has 18 heavy (non-hydrogen) atoms. The Morgan fingerprint density at radius 3 is 1.83 bits per heavy atom. The first-order chi connectivity index (χ1) is 7.56. The summed E-state index contributed by atoms with van der Waals surface area (Å²) in [5.41, 5.74) is 0. The third-order valence-corrected chi connectivity index (χ3v) is 3.26. The van der Waals surface area contributed by atoms with E-state index in [1.165, 1.54) is 0 Å². The van der Waals surface area contributed by atoms with Crippen molar-refractivity contribution >= 4 is 10.1 Å². The molecule has 9 heteroatoms. The van der Waals surface area contributed by atoms with E-state index in [0.29, 0.717) is 12.8 Å². The maximum absolute atomic E-state index is 12.9. The van der Waals surface area contributed by atoms with Crippen molar-refractivity contribution in [1.29, 1.82) is 0 Å². The molecule has 0 heterocycles. The number of halogens is 4. The molecule has 0 N–H and O–H groups in total. The first-order valence-corrected chi connectivity index (χ1v) is 6.68. The topological polar surface area (TPSA) is 57.2 Å². The summed E-state index contributed by atoms with van der Waals surface area (Å²) in [5, 5.41) is -5.54. The summed E-state index contributed by atoms with van der Waals surface area (Å²) >= 11 is 0. The van der Waals surface area contributed by atoms with E-state index in [-0.39, 0.29) is 25.3 Å². The summed E-state index contributed by atoms with van der Waals surface area (Å²) in [7, 11) is -6.34. The second-order valence-corrected chi connectivity index (χ2v) is 5.26. The van der Waals surface area contributed by atoms with Gasteiger partial charge in [0.05, 0.1) is 0 Å². The summed E-state index contributed by atoms with van der Waals surface area (Å²) in [5.74, 6) is -4.81. The largest absolute Gasteiger partial charge is 1.00 e. The number of alkyl halides is 4. The maximum atomic E-state index is 12.9. The Morgan fingerprint density at radius 2 is 1.44 bits per heavy atom. The van der Waals surface area contributed by atoms with Gasteiger partial charge in [0.2, 0.25) is 0 Å². The van der Waals surface area contributed by atoms with Crippen molar-refractivity contribution in [3.63, 3.8) is 0 Å². The maximum Gasteiger partial charge on any atom is 1.00 e. The van der Waals surface area contributed by atoms with Gasteiger partial charge in [-0.15, -0.1) is 0 Å². The molecule has 3 nitrogen and oxygen atoms in total. The van der Waals surface area contributed by atoms with E-state index in [4.69, 9.17) is 0 Å². The number of hydrogen-bond donors (Lipinski definition) is 0. The van der Waals surface area contributed by atoms with Gasteiger partial charge in [-0.05, 0) is 6.42 Å². The summed E-state index contributed by atoms with van der Waals surface area (Å²) in [6.07, 6.45) is 1.04. The van der Waals surface area contributed by atoms with Crippen LogP contribution in [0.4, 0.5) is 17.6 Å². The fraction of sp³-hybridized carbons (Fsp3) is 1.00. The molecule has 0 aromatic rings. The van der Waals surface area contributed by atoms with Crippen LogP contribution in [0.1, 0.15) is 45.4 Å². The van der Waals surface area contributed by atoms with E-state index >= 15 is 0 Å². The van der Waals surface area contributed by atoms with Gasteiger partial charge in [0.15, 0.2) is 10.1 Å². The molecule has 0 aliphatic carbocycles. The molecule has 0 aromatic carbocycles. The zero-order chi connectivity index (χ0) is 13.7. The molecular weight excluding hydrogens is 271 g/mol. The minimum atomic E-state index is -6.34. The zero-order valence-corrected chi connectivity index (χ0v) is 11.2. The minimum absolute atomic E-state index is 0. The van der Waals surface area contributed by atoms with Gasteiger partial charge in [-0.25, -0.2) is 8.42 Å². The smallest absolute Gasteiger partial charge is 0.743 e. The Morgan fingerprint density at radius 1 is 1.00 bits per heavy atom. The molecule has 0 amide bonds. The molecule has 0 bridgehead atoms. The second-order valence-electron chi connectivity index (χ2n) is 3.84. The van der Waals surface area contributed by atoms with Crippen LogP contribution in [0, 0.1) is 0 Å². The summed E-state index contributed by atoms with van der Waals surface area (Å²) in [6.45, 7) is 1.90. The van der Waals surface area contributed by atoms with Gasteiger partial charge in [-0.1, -0.05) is 32.6 Å². The third kappa shape index (κ3) is 5.47. The summed E-state index contributed by atoms with van der Waals surface area (Å²) in [6, 6.07) is 0. The number of rotatable bonds is 8. The average Bonchev–Trinajstić information content (AvgIpc) is 2.15. The zero-order valence-electron chi connectivity index (χ0n) is 10.4. The van der Waals surface area contributed by atoms with E-state index in [9.17, 15) is 30.5 Å². The second kappa shape index (κ2) is 7.73. The standard InChI is InChI=1S/C9H16F4O3S.Li/c1-2-3-4-5-6-7-8(10,11)9(12,13)17(14,15)16;/h2-7H2,1H3,(H,14,15,16);/q;+1/p-1. The Balaban J connectivity index is 0. The van der Waals surface area contributed by atoms with Crippen molar-refractivity contribution in [3.8, 4) is 0 Å². The van der Waals surface area contributed by atoms with Crippen LogP contribution in [0.5, 0.6) is 0 Å². The van der Waals surface area contributed by atoms with Crippen LogP contribution in [0.15, 0.2) is 0 Å². The van der Waals surface area contributed by atoms with Crippen molar-refractivity contribution in [2.45, 2.75) is 56.6 Å². The van der Waals surface area contributed by atoms with Crippen LogP contribution in [-0.2, 0) is 10.1 Å². The average molecular weight is 286 g/mol. The molecule has 0 radical (unpaired) electrons. The van der Waals surface area contributed by atoms with E-state index in [0.717, 1.165) is 12.8 Å². The van der Waals surface area contributed by atoms with Crippen LogP contribution in [-0.4, -0.2) is 24.1 Å². The molecule has 104 valence electrons. The first-order valence-electron chi connectivity index (χ1n) is 5.27. The Labute approximate surface area is 116 Å².